The number of hydrogen-bond donors (Lipinski definition) is 1. The van der Waals surface area contributed by atoms with Crippen LogP contribution in [-0.4, -0.2) is 29.1 Å². The van der Waals surface area contributed by atoms with Crippen LogP contribution in [0, 0.1) is 0 Å². The van der Waals surface area contributed by atoms with Crippen molar-refractivity contribution in [3.63, 3.8) is 0 Å². The third-order valence-corrected chi connectivity index (χ3v) is 4.09. The molecule has 4 nitrogen and oxygen atoms in total. The Hall–Kier alpha value is -1.26. The van der Waals surface area contributed by atoms with Gasteiger partial charge in [-0.3, -0.25) is 4.40 Å². The Balaban J connectivity index is 1.88. The molecule has 1 aliphatic heterocycles. The molecule has 1 aliphatic rings. The van der Waals surface area contributed by atoms with Gasteiger partial charge >= 0.3 is 0 Å². The summed E-state index contributed by atoms with van der Waals surface area (Å²) in [5, 5.41) is 4.24. The lowest BCUT2D eigenvalue weighted by Gasteiger charge is -2.22. The van der Waals surface area contributed by atoms with Crippen LogP contribution >= 0.6 is 11.6 Å². The molecule has 0 amide bonds. The maximum absolute atomic E-state index is 6.40. The number of fused-ring (bicyclic) bond motifs is 1. The van der Waals surface area contributed by atoms with Crippen molar-refractivity contribution in [1.82, 2.24) is 14.7 Å². The molecule has 5 heteroatoms. The van der Waals surface area contributed by atoms with E-state index in [2.05, 4.69) is 10.3 Å². The summed E-state index contributed by atoms with van der Waals surface area (Å²) < 4.78 is 7.12. The minimum Gasteiger partial charge on any atom is -0.497 e. The Labute approximate surface area is 117 Å². The summed E-state index contributed by atoms with van der Waals surface area (Å²) >= 11 is 6.40. The highest BCUT2D eigenvalue weighted by Crippen LogP contribution is 2.24. The van der Waals surface area contributed by atoms with Crippen molar-refractivity contribution in [3.8, 4) is 5.75 Å². The minimum atomic E-state index is 0.498. The number of piperidine rings is 1. The van der Waals surface area contributed by atoms with Crippen molar-refractivity contribution in [2.24, 2.45) is 0 Å². The van der Waals surface area contributed by atoms with E-state index in [0.717, 1.165) is 30.1 Å². The quantitative estimate of drug-likeness (QED) is 0.939. The Morgan fingerprint density at radius 3 is 3.16 bits per heavy atom. The molecule has 2 aromatic heterocycles. The van der Waals surface area contributed by atoms with Crippen LogP contribution in [0.3, 0.4) is 0 Å². The first kappa shape index (κ1) is 12.8. The molecule has 0 spiro atoms. The predicted octanol–water partition coefficient (Wildman–Crippen LogP) is 2.68. The highest BCUT2D eigenvalue weighted by molar-refractivity contribution is 6.30. The molecule has 0 aromatic carbocycles. The maximum atomic E-state index is 6.40. The summed E-state index contributed by atoms with van der Waals surface area (Å²) in [6.07, 6.45) is 6.56. The fraction of sp³-hybridized carbons (Fsp3) is 0.500. The smallest absolute Gasteiger partial charge is 0.141 e. The first-order chi connectivity index (χ1) is 9.28. The lowest BCUT2D eigenvalue weighted by Crippen LogP contribution is -2.35. The summed E-state index contributed by atoms with van der Waals surface area (Å²) in [4.78, 5) is 4.63. The SMILES string of the molecule is COc1ccn2c(Cl)c(C[C@@H]3CCCCN3)nc2c1. The molecule has 1 fully saturated rings. The molecule has 1 N–H and O–H groups in total. The maximum Gasteiger partial charge on any atom is 0.141 e. The van der Waals surface area contributed by atoms with Crippen LogP contribution in [0.2, 0.25) is 5.15 Å². The molecule has 19 heavy (non-hydrogen) atoms. The second kappa shape index (κ2) is 5.39. The van der Waals surface area contributed by atoms with E-state index in [4.69, 9.17) is 16.3 Å². The number of aromatic nitrogens is 2. The van der Waals surface area contributed by atoms with E-state index in [9.17, 15) is 0 Å². The van der Waals surface area contributed by atoms with Crippen molar-refractivity contribution < 1.29 is 4.74 Å². The topological polar surface area (TPSA) is 38.6 Å². The van der Waals surface area contributed by atoms with Gasteiger partial charge in [-0.15, -0.1) is 0 Å². The molecule has 1 saturated heterocycles. The predicted molar refractivity (Wildman–Crippen MR) is 76.1 cm³/mol. The van der Waals surface area contributed by atoms with Crippen LogP contribution in [0.1, 0.15) is 25.0 Å². The largest absolute Gasteiger partial charge is 0.497 e. The van der Waals surface area contributed by atoms with Gasteiger partial charge in [-0.2, -0.15) is 0 Å². The van der Waals surface area contributed by atoms with Crippen LogP contribution in [-0.2, 0) is 6.42 Å². The molecular weight excluding hydrogens is 262 g/mol. The summed E-state index contributed by atoms with van der Waals surface area (Å²) in [6, 6.07) is 4.30. The lowest BCUT2D eigenvalue weighted by molar-refractivity contribution is 0.397. The minimum absolute atomic E-state index is 0.498. The summed E-state index contributed by atoms with van der Waals surface area (Å²) in [6.45, 7) is 1.10. The van der Waals surface area contributed by atoms with Gasteiger partial charge in [-0.25, -0.2) is 4.98 Å². The summed E-state index contributed by atoms with van der Waals surface area (Å²) in [5.74, 6) is 0.802. The number of halogens is 1. The van der Waals surface area contributed by atoms with Crippen molar-refractivity contribution in [2.75, 3.05) is 13.7 Å². The van der Waals surface area contributed by atoms with Gasteiger partial charge in [0, 0.05) is 24.7 Å². The Morgan fingerprint density at radius 1 is 1.53 bits per heavy atom. The second-order valence-electron chi connectivity index (χ2n) is 5.00. The lowest BCUT2D eigenvalue weighted by atomic mass is 10.0. The van der Waals surface area contributed by atoms with Crippen LogP contribution in [0.15, 0.2) is 18.3 Å². The first-order valence-electron chi connectivity index (χ1n) is 6.72. The third kappa shape index (κ3) is 2.55. The number of imidazole rings is 1. The van der Waals surface area contributed by atoms with E-state index in [1.54, 1.807) is 7.11 Å². The van der Waals surface area contributed by atoms with E-state index in [-0.39, 0.29) is 0 Å². The van der Waals surface area contributed by atoms with Gasteiger partial charge in [0.2, 0.25) is 0 Å². The summed E-state index contributed by atoms with van der Waals surface area (Å²) in [7, 11) is 1.66. The van der Waals surface area contributed by atoms with Crippen LogP contribution < -0.4 is 10.1 Å². The van der Waals surface area contributed by atoms with E-state index in [0.29, 0.717) is 11.2 Å². The highest BCUT2D eigenvalue weighted by atomic mass is 35.5. The zero-order valence-electron chi connectivity index (χ0n) is 11.0. The van der Waals surface area contributed by atoms with Crippen molar-refractivity contribution in [1.29, 1.82) is 0 Å². The number of nitrogens with zero attached hydrogens (tertiary/aromatic N) is 2. The third-order valence-electron chi connectivity index (χ3n) is 3.69. The molecule has 3 heterocycles. The number of hydrogen-bond acceptors (Lipinski definition) is 3. The van der Waals surface area contributed by atoms with Crippen LogP contribution in [0.5, 0.6) is 5.75 Å². The number of rotatable bonds is 3. The highest BCUT2D eigenvalue weighted by Gasteiger charge is 2.18. The van der Waals surface area contributed by atoms with Crippen LogP contribution in [0.25, 0.3) is 5.65 Å². The molecule has 102 valence electrons. The molecule has 3 rings (SSSR count). The second-order valence-corrected chi connectivity index (χ2v) is 5.35. The average Bonchev–Trinajstić information content (AvgIpc) is 2.76. The van der Waals surface area contributed by atoms with Crippen molar-refractivity contribution in [2.45, 2.75) is 31.7 Å². The fourth-order valence-corrected chi connectivity index (χ4v) is 2.90. The van der Waals surface area contributed by atoms with Gasteiger partial charge in [0.15, 0.2) is 0 Å². The molecule has 2 aromatic rings. The molecule has 0 unspecified atom stereocenters. The van der Waals surface area contributed by atoms with Gasteiger partial charge < -0.3 is 10.1 Å². The number of ether oxygens (including phenoxy) is 1. The Kier molecular flexibility index (Phi) is 3.62. The molecule has 0 bridgehead atoms. The average molecular weight is 280 g/mol. The first-order valence-corrected chi connectivity index (χ1v) is 7.09. The molecule has 0 radical (unpaired) electrons. The van der Waals surface area contributed by atoms with Gasteiger partial charge in [0.1, 0.15) is 16.5 Å². The normalized spacial score (nSPS) is 19.8. The van der Waals surface area contributed by atoms with Gasteiger partial charge in [-0.05, 0) is 25.5 Å². The molecule has 1 atom stereocenters. The number of pyridine rings is 1. The molecule has 0 saturated carbocycles. The molecule has 0 aliphatic carbocycles. The van der Waals surface area contributed by atoms with Crippen molar-refractivity contribution in [3.05, 3.63) is 29.2 Å². The van der Waals surface area contributed by atoms with Crippen LogP contribution in [0.4, 0.5) is 0 Å². The number of nitrogens with one attached hydrogen (secondary N) is 1. The molecular formula is C14H18ClN3O. The Bertz CT molecular complexity index is 575. The van der Waals surface area contributed by atoms with E-state index in [1.165, 1.54) is 19.3 Å². The van der Waals surface area contributed by atoms with Gasteiger partial charge in [0.05, 0.1) is 12.8 Å². The van der Waals surface area contributed by atoms with Gasteiger partial charge in [0.25, 0.3) is 0 Å². The zero-order valence-corrected chi connectivity index (χ0v) is 11.8. The summed E-state index contributed by atoms with van der Waals surface area (Å²) in [5.41, 5.74) is 1.81. The fourth-order valence-electron chi connectivity index (χ4n) is 2.63. The van der Waals surface area contributed by atoms with Gasteiger partial charge in [-0.1, -0.05) is 18.0 Å². The standard InChI is InChI=1S/C14H18ClN3O/c1-19-11-5-7-18-13(9-11)17-12(14(18)15)8-10-4-2-3-6-16-10/h5,7,9-10,16H,2-4,6,8H2,1H3/t10-/m0/s1. The number of methoxy groups -OCH3 is 1. The van der Waals surface area contributed by atoms with E-state index in [1.807, 2.05) is 22.7 Å². The Morgan fingerprint density at radius 2 is 2.42 bits per heavy atom. The van der Waals surface area contributed by atoms with E-state index >= 15 is 0 Å². The van der Waals surface area contributed by atoms with Crippen molar-refractivity contribution >= 4 is 17.2 Å². The zero-order chi connectivity index (χ0) is 13.2. The monoisotopic (exact) mass is 279 g/mol. The van der Waals surface area contributed by atoms with E-state index < -0.39 is 0 Å².